The van der Waals surface area contributed by atoms with E-state index in [1.165, 1.54) is 0 Å². The third-order valence-electron chi connectivity index (χ3n) is 5.00. The Bertz CT molecular complexity index is 985. The summed E-state index contributed by atoms with van der Waals surface area (Å²) in [6, 6.07) is 9.52. The van der Waals surface area contributed by atoms with Crippen LogP contribution in [0.3, 0.4) is 0 Å². The predicted octanol–water partition coefficient (Wildman–Crippen LogP) is 3.05. The van der Waals surface area contributed by atoms with Crippen molar-refractivity contribution in [3.8, 4) is 5.69 Å². The molecule has 0 bridgehead atoms. The maximum atomic E-state index is 11.9. The van der Waals surface area contributed by atoms with Crippen LogP contribution in [0.2, 0.25) is 0 Å². The Hall–Kier alpha value is -3.12. The molecule has 1 atom stereocenters. The Morgan fingerprint density at radius 3 is 2.66 bits per heavy atom. The van der Waals surface area contributed by atoms with Crippen molar-refractivity contribution in [1.29, 1.82) is 0 Å². The van der Waals surface area contributed by atoms with Gasteiger partial charge in [0.2, 0.25) is 5.91 Å². The molecule has 2 aromatic rings. The molecule has 29 heavy (non-hydrogen) atoms. The lowest BCUT2D eigenvalue weighted by molar-refractivity contribution is -0.143. The molecular formula is C23H27N3O3. The van der Waals surface area contributed by atoms with Crippen LogP contribution in [0.25, 0.3) is 11.3 Å². The molecule has 3 rings (SSSR count). The summed E-state index contributed by atoms with van der Waals surface area (Å²) in [4.78, 5) is 23.4. The van der Waals surface area contributed by atoms with Crippen LogP contribution < -0.4 is 11.5 Å². The van der Waals surface area contributed by atoms with Crippen LogP contribution in [0.4, 0.5) is 0 Å². The van der Waals surface area contributed by atoms with Crippen molar-refractivity contribution >= 4 is 17.4 Å². The maximum absolute atomic E-state index is 11.9. The quantitative estimate of drug-likeness (QED) is 0.706. The molecule has 6 nitrogen and oxygen atoms in total. The van der Waals surface area contributed by atoms with Gasteiger partial charge in [0.25, 0.3) is 0 Å². The highest BCUT2D eigenvalue weighted by atomic mass is 16.5. The third-order valence-corrected chi connectivity index (χ3v) is 5.00. The average Bonchev–Trinajstić information content (AvgIpc) is 3.10. The minimum absolute atomic E-state index is 0.0297. The van der Waals surface area contributed by atoms with Crippen molar-refractivity contribution in [3.63, 3.8) is 0 Å². The van der Waals surface area contributed by atoms with E-state index in [2.05, 4.69) is 16.7 Å². The molecule has 1 heterocycles. The largest absolute Gasteiger partial charge is 0.466 e. The standard InChI is InChI=1S/C23H27N3O3/c1-3-29-22(27)13-10-19-9-12-21(16-4-7-18(24)8-5-16)26(19)20-11-6-17(23(25)28)14-15(20)2/h4-7,9,11-12,14,18H,3,8,10,13,24H2,1-2H3,(H2,25,28). The van der Waals surface area contributed by atoms with E-state index in [9.17, 15) is 9.59 Å². The molecule has 0 saturated heterocycles. The Morgan fingerprint density at radius 1 is 1.24 bits per heavy atom. The number of nitrogens with zero attached hydrogens (tertiary/aromatic N) is 1. The fraction of sp³-hybridized carbons (Fsp3) is 0.304. The number of carbonyl (C=O) groups is 2. The lowest BCUT2D eigenvalue weighted by Crippen LogP contribution is -2.18. The maximum Gasteiger partial charge on any atom is 0.306 e. The molecule has 1 aromatic carbocycles. The van der Waals surface area contributed by atoms with E-state index < -0.39 is 5.91 Å². The number of amides is 1. The van der Waals surface area contributed by atoms with Gasteiger partial charge in [-0.15, -0.1) is 0 Å². The number of primary amides is 1. The lowest BCUT2D eigenvalue weighted by atomic mass is 10.0. The van der Waals surface area contributed by atoms with E-state index in [4.69, 9.17) is 16.2 Å². The van der Waals surface area contributed by atoms with Gasteiger partial charge >= 0.3 is 5.97 Å². The van der Waals surface area contributed by atoms with Crippen molar-refractivity contribution in [1.82, 2.24) is 4.57 Å². The Labute approximate surface area is 170 Å². The molecule has 1 aromatic heterocycles. The van der Waals surface area contributed by atoms with Crippen molar-refractivity contribution in [2.24, 2.45) is 11.5 Å². The average molecular weight is 393 g/mol. The number of hydrogen-bond acceptors (Lipinski definition) is 4. The second-order valence-electron chi connectivity index (χ2n) is 7.13. The first kappa shape index (κ1) is 20.6. The molecule has 1 aliphatic carbocycles. The SMILES string of the molecule is CCOC(=O)CCc1ccc(C2=CCC(N)C=C2)n1-c1ccc(C(N)=O)cc1C. The van der Waals surface area contributed by atoms with Gasteiger partial charge in [-0.2, -0.15) is 0 Å². The smallest absolute Gasteiger partial charge is 0.306 e. The summed E-state index contributed by atoms with van der Waals surface area (Å²) in [5.41, 5.74) is 16.8. The van der Waals surface area contributed by atoms with Gasteiger partial charge in [0.1, 0.15) is 0 Å². The van der Waals surface area contributed by atoms with Gasteiger partial charge in [-0.1, -0.05) is 18.2 Å². The monoisotopic (exact) mass is 393 g/mol. The lowest BCUT2D eigenvalue weighted by Gasteiger charge is -2.19. The summed E-state index contributed by atoms with van der Waals surface area (Å²) in [6.45, 7) is 4.12. The second-order valence-corrected chi connectivity index (χ2v) is 7.13. The molecule has 1 aliphatic rings. The van der Waals surface area contributed by atoms with Crippen molar-refractivity contribution in [3.05, 3.63) is 71.1 Å². The number of allylic oxidation sites excluding steroid dienone is 2. The van der Waals surface area contributed by atoms with E-state index in [1.807, 2.05) is 31.2 Å². The molecule has 1 amide bonds. The molecule has 4 N–H and O–H groups in total. The van der Waals surface area contributed by atoms with Crippen LogP contribution in [0.1, 0.15) is 47.1 Å². The van der Waals surface area contributed by atoms with Crippen LogP contribution in [0.15, 0.2) is 48.6 Å². The summed E-state index contributed by atoms with van der Waals surface area (Å²) in [7, 11) is 0. The molecule has 0 fully saturated rings. The van der Waals surface area contributed by atoms with Crippen molar-refractivity contribution in [2.45, 2.75) is 39.2 Å². The minimum Gasteiger partial charge on any atom is -0.466 e. The molecule has 0 aliphatic heterocycles. The summed E-state index contributed by atoms with van der Waals surface area (Å²) in [5, 5.41) is 0. The highest BCUT2D eigenvalue weighted by Gasteiger charge is 2.17. The zero-order valence-corrected chi connectivity index (χ0v) is 16.9. The van der Waals surface area contributed by atoms with E-state index in [0.717, 1.165) is 34.6 Å². The second kappa shape index (κ2) is 8.92. The van der Waals surface area contributed by atoms with Crippen molar-refractivity contribution in [2.75, 3.05) is 6.61 Å². The summed E-state index contributed by atoms with van der Waals surface area (Å²) in [5.74, 6) is -0.674. The Kier molecular flexibility index (Phi) is 6.34. The number of aromatic nitrogens is 1. The molecule has 0 radical (unpaired) electrons. The first-order valence-electron chi connectivity index (χ1n) is 9.82. The van der Waals surface area contributed by atoms with Gasteiger partial charge in [-0.05, 0) is 68.2 Å². The van der Waals surface area contributed by atoms with Gasteiger partial charge in [0.15, 0.2) is 0 Å². The van der Waals surface area contributed by atoms with Crippen LogP contribution in [0.5, 0.6) is 0 Å². The number of aryl methyl sites for hydroxylation is 2. The number of hydrogen-bond donors (Lipinski definition) is 2. The van der Waals surface area contributed by atoms with Gasteiger partial charge in [0, 0.05) is 23.0 Å². The topological polar surface area (TPSA) is 100 Å². The summed E-state index contributed by atoms with van der Waals surface area (Å²) < 4.78 is 7.21. The number of esters is 1. The molecular weight excluding hydrogens is 366 g/mol. The zero-order chi connectivity index (χ0) is 21.0. The first-order valence-corrected chi connectivity index (χ1v) is 9.82. The van der Waals surface area contributed by atoms with E-state index in [1.54, 1.807) is 19.1 Å². The highest BCUT2D eigenvalue weighted by Crippen LogP contribution is 2.29. The Morgan fingerprint density at radius 2 is 2.03 bits per heavy atom. The third kappa shape index (κ3) is 4.66. The summed E-state index contributed by atoms with van der Waals surface area (Å²) >= 11 is 0. The summed E-state index contributed by atoms with van der Waals surface area (Å²) in [6.07, 6.45) is 7.77. The van der Waals surface area contributed by atoms with Gasteiger partial charge < -0.3 is 20.8 Å². The number of rotatable bonds is 7. The van der Waals surface area contributed by atoms with E-state index in [0.29, 0.717) is 25.0 Å². The van der Waals surface area contributed by atoms with E-state index in [-0.39, 0.29) is 12.0 Å². The first-order chi connectivity index (χ1) is 13.9. The van der Waals surface area contributed by atoms with Crippen LogP contribution in [-0.2, 0) is 16.0 Å². The zero-order valence-electron chi connectivity index (χ0n) is 16.9. The molecule has 152 valence electrons. The highest BCUT2D eigenvalue weighted by molar-refractivity contribution is 5.93. The van der Waals surface area contributed by atoms with Gasteiger partial charge in [0.05, 0.1) is 18.7 Å². The van der Waals surface area contributed by atoms with Crippen LogP contribution in [0, 0.1) is 6.92 Å². The number of ether oxygens (including phenoxy) is 1. The normalized spacial score (nSPS) is 15.8. The number of nitrogens with two attached hydrogens (primary N) is 2. The van der Waals surface area contributed by atoms with Crippen molar-refractivity contribution < 1.29 is 14.3 Å². The fourth-order valence-electron chi connectivity index (χ4n) is 3.53. The molecule has 1 unspecified atom stereocenters. The Balaban J connectivity index is 2.04. The molecule has 0 saturated carbocycles. The molecule has 0 spiro atoms. The number of benzene rings is 1. The van der Waals surface area contributed by atoms with E-state index >= 15 is 0 Å². The van der Waals surface area contributed by atoms with Crippen LogP contribution in [-0.4, -0.2) is 29.1 Å². The number of carbonyl (C=O) groups excluding carboxylic acids is 2. The molecule has 6 heteroatoms. The van der Waals surface area contributed by atoms with Gasteiger partial charge in [-0.25, -0.2) is 0 Å². The van der Waals surface area contributed by atoms with Crippen LogP contribution >= 0.6 is 0 Å². The minimum atomic E-state index is -0.457. The van der Waals surface area contributed by atoms with Gasteiger partial charge in [-0.3, -0.25) is 9.59 Å². The fourth-order valence-corrected chi connectivity index (χ4v) is 3.53. The predicted molar refractivity (Wildman–Crippen MR) is 114 cm³/mol.